The lowest BCUT2D eigenvalue weighted by Crippen LogP contribution is -2.45. The molecule has 0 saturated carbocycles. The second-order valence-electron chi connectivity index (χ2n) is 6.79. The zero-order valence-electron chi connectivity index (χ0n) is 16.9. The van der Waals surface area contributed by atoms with Gasteiger partial charge in [0, 0.05) is 20.1 Å². The van der Waals surface area contributed by atoms with Crippen LogP contribution in [0.25, 0.3) is 0 Å². The van der Waals surface area contributed by atoms with E-state index in [9.17, 15) is 27.9 Å². The van der Waals surface area contributed by atoms with Gasteiger partial charge in [-0.05, 0) is 29.8 Å². The number of nitrogens with zero attached hydrogens (tertiary/aromatic N) is 1. The van der Waals surface area contributed by atoms with Gasteiger partial charge in [-0.25, -0.2) is 4.79 Å². The summed E-state index contributed by atoms with van der Waals surface area (Å²) in [6.07, 6.45) is -5.53. The number of likely N-dealkylation sites (N-methyl/N-ethyl adjacent to an activating group) is 1. The molecular weight excluding hydrogens is 415 g/mol. The Morgan fingerprint density at radius 2 is 1.71 bits per heavy atom. The molecule has 0 fully saturated rings. The van der Waals surface area contributed by atoms with E-state index in [0.717, 1.165) is 29.8 Å². The third kappa shape index (κ3) is 8.55. The molecule has 0 aliphatic heterocycles. The number of urea groups is 1. The van der Waals surface area contributed by atoms with Gasteiger partial charge in [-0.15, -0.1) is 0 Å². The lowest BCUT2D eigenvalue weighted by molar-refractivity contribution is -0.137. The van der Waals surface area contributed by atoms with Gasteiger partial charge < -0.3 is 25.4 Å². The molecule has 0 aromatic heterocycles. The van der Waals surface area contributed by atoms with Crippen LogP contribution in [0, 0.1) is 0 Å². The number of nitrogens with one attached hydrogen (secondary N) is 2. The highest BCUT2D eigenvalue weighted by Gasteiger charge is 2.30. The molecule has 168 valence electrons. The zero-order chi connectivity index (χ0) is 22.9. The van der Waals surface area contributed by atoms with Crippen LogP contribution >= 0.6 is 0 Å². The van der Waals surface area contributed by atoms with Crippen LogP contribution in [0.1, 0.15) is 11.1 Å². The molecule has 0 aliphatic rings. The molecule has 3 N–H and O–H groups in total. The van der Waals surface area contributed by atoms with E-state index in [1.165, 1.54) is 4.90 Å². The van der Waals surface area contributed by atoms with Crippen molar-refractivity contribution in [3.05, 3.63) is 65.7 Å². The van der Waals surface area contributed by atoms with Gasteiger partial charge in [0.25, 0.3) is 0 Å². The Bertz CT molecular complexity index is 845. The summed E-state index contributed by atoms with van der Waals surface area (Å²) in [6, 6.07) is 12.8. The van der Waals surface area contributed by atoms with Crippen LogP contribution in [0.5, 0.6) is 5.75 Å². The summed E-state index contributed by atoms with van der Waals surface area (Å²) in [5.74, 6) is -0.131. The van der Waals surface area contributed by atoms with Gasteiger partial charge in [-0.2, -0.15) is 13.2 Å². The Kier molecular flexibility index (Phi) is 8.68. The molecule has 0 aliphatic carbocycles. The van der Waals surface area contributed by atoms with Gasteiger partial charge in [0.05, 0.1) is 12.1 Å². The fourth-order valence-electron chi connectivity index (χ4n) is 2.50. The monoisotopic (exact) mass is 439 g/mol. The van der Waals surface area contributed by atoms with E-state index < -0.39 is 23.9 Å². The molecule has 2 aromatic carbocycles. The highest BCUT2D eigenvalue weighted by atomic mass is 19.4. The predicted molar refractivity (Wildman–Crippen MR) is 107 cm³/mol. The lowest BCUT2D eigenvalue weighted by atomic mass is 10.2. The van der Waals surface area contributed by atoms with Crippen LogP contribution in [0.4, 0.5) is 18.0 Å². The number of carbonyl (C=O) groups excluding carboxylic acids is 2. The second kappa shape index (κ2) is 11.2. The molecule has 0 radical (unpaired) electrons. The minimum atomic E-state index is -4.44. The van der Waals surface area contributed by atoms with Crippen molar-refractivity contribution in [3.8, 4) is 5.75 Å². The fraction of sp³-hybridized carbons (Fsp3) is 0.333. The van der Waals surface area contributed by atoms with Gasteiger partial charge in [-0.1, -0.05) is 30.3 Å². The maximum absolute atomic E-state index is 12.5. The maximum Gasteiger partial charge on any atom is 0.416 e. The number of hydrogen-bond donors (Lipinski definition) is 3. The first-order valence-corrected chi connectivity index (χ1v) is 9.43. The lowest BCUT2D eigenvalue weighted by Gasteiger charge is -2.18. The van der Waals surface area contributed by atoms with Crippen molar-refractivity contribution in [1.29, 1.82) is 0 Å². The normalized spacial score (nSPS) is 12.0. The molecule has 1 atom stereocenters. The van der Waals surface area contributed by atoms with Crippen LogP contribution in [0.3, 0.4) is 0 Å². The Hall–Kier alpha value is -3.27. The molecule has 10 heteroatoms. The quantitative estimate of drug-likeness (QED) is 0.560. The number of aliphatic hydroxyl groups excluding tert-OH is 1. The van der Waals surface area contributed by atoms with Crippen molar-refractivity contribution >= 4 is 11.9 Å². The number of ether oxygens (including phenoxy) is 1. The van der Waals surface area contributed by atoms with E-state index in [0.29, 0.717) is 6.54 Å². The highest BCUT2D eigenvalue weighted by molar-refractivity contribution is 5.83. The van der Waals surface area contributed by atoms with Crippen LogP contribution in [0.2, 0.25) is 0 Å². The average molecular weight is 439 g/mol. The van der Waals surface area contributed by atoms with Gasteiger partial charge >= 0.3 is 12.2 Å². The standard InChI is InChI=1S/C21H24F3N3O4/c1-27(13-15-5-3-2-4-6-15)19(29)12-26-20(30)25-11-17(28)14-31-18-9-7-16(8-10-18)21(22,23)24/h2-10,17,28H,11-14H2,1H3,(H2,25,26,30). The SMILES string of the molecule is CN(Cc1ccccc1)C(=O)CNC(=O)NCC(O)COc1ccc(C(F)(F)F)cc1. The van der Waals surface area contributed by atoms with Crippen molar-refractivity contribution in [2.45, 2.75) is 18.8 Å². The van der Waals surface area contributed by atoms with E-state index in [2.05, 4.69) is 10.6 Å². The van der Waals surface area contributed by atoms with Gasteiger partial charge in [0.15, 0.2) is 0 Å². The molecule has 3 amide bonds. The largest absolute Gasteiger partial charge is 0.491 e. The van der Waals surface area contributed by atoms with E-state index in [1.54, 1.807) is 7.05 Å². The number of amides is 3. The third-order valence-corrected chi connectivity index (χ3v) is 4.21. The van der Waals surface area contributed by atoms with Crippen molar-refractivity contribution < 1.29 is 32.6 Å². The molecule has 0 spiro atoms. The molecule has 0 bridgehead atoms. The maximum atomic E-state index is 12.5. The molecule has 2 rings (SSSR count). The van der Waals surface area contributed by atoms with E-state index in [1.807, 2.05) is 30.3 Å². The first-order valence-electron chi connectivity index (χ1n) is 9.43. The molecular formula is C21H24F3N3O4. The summed E-state index contributed by atoms with van der Waals surface area (Å²) in [5.41, 5.74) is 0.154. The number of carbonyl (C=O) groups is 2. The summed E-state index contributed by atoms with van der Waals surface area (Å²) >= 11 is 0. The first-order chi connectivity index (χ1) is 14.6. The van der Waals surface area contributed by atoms with Gasteiger partial charge in [0.1, 0.15) is 18.5 Å². The molecule has 0 saturated heterocycles. The summed E-state index contributed by atoms with van der Waals surface area (Å²) in [4.78, 5) is 25.3. The van der Waals surface area contributed by atoms with Crippen LogP contribution in [-0.4, -0.2) is 54.8 Å². The summed E-state index contributed by atoms with van der Waals surface area (Å²) in [7, 11) is 1.62. The third-order valence-electron chi connectivity index (χ3n) is 4.21. The number of alkyl halides is 3. The first kappa shape index (κ1) is 24.0. The summed E-state index contributed by atoms with van der Waals surface area (Å²) in [5, 5.41) is 14.6. The second-order valence-corrected chi connectivity index (χ2v) is 6.79. The van der Waals surface area contributed by atoms with Crippen LogP contribution < -0.4 is 15.4 Å². The van der Waals surface area contributed by atoms with Gasteiger partial charge in [-0.3, -0.25) is 4.79 Å². The Morgan fingerprint density at radius 1 is 1.06 bits per heavy atom. The van der Waals surface area contributed by atoms with Crippen molar-refractivity contribution in [3.63, 3.8) is 0 Å². The minimum Gasteiger partial charge on any atom is -0.491 e. The Morgan fingerprint density at radius 3 is 2.32 bits per heavy atom. The molecule has 7 nitrogen and oxygen atoms in total. The van der Waals surface area contributed by atoms with E-state index in [-0.39, 0.29) is 31.4 Å². The Labute approximate surface area is 177 Å². The number of aliphatic hydroxyl groups is 1. The molecule has 0 heterocycles. The van der Waals surface area contributed by atoms with Crippen LogP contribution in [0.15, 0.2) is 54.6 Å². The average Bonchev–Trinajstić information content (AvgIpc) is 2.74. The zero-order valence-corrected chi connectivity index (χ0v) is 16.9. The van der Waals surface area contributed by atoms with Crippen molar-refractivity contribution in [2.75, 3.05) is 26.7 Å². The fourth-order valence-corrected chi connectivity index (χ4v) is 2.50. The predicted octanol–water partition coefficient (Wildman–Crippen LogP) is 2.40. The van der Waals surface area contributed by atoms with Crippen LogP contribution in [-0.2, 0) is 17.5 Å². The van der Waals surface area contributed by atoms with Crippen molar-refractivity contribution in [2.24, 2.45) is 0 Å². The highest BCUT2D eigenvalue weighted by Crippen LogP contribution is 2.30. The number of halogens is 3. The number of hydrogen-bond acceptors (Lipinski definition) is 4. The topological polar surface area (TPSA) is 90.9 Å². The summed E-state index contributed by atoms with van der Waals surface area (Å²) < 4.78 is 42.7. The van der Waals surface area contributed by atoms with Gasteiger partial charge in [0.2, 0.25) is 5.91 Å². The van der Waals surface area contributed by atoms with E-state index in [4.69, 9.17) is 4.74 Å². The molecule has 2 aromatic rings. The molecule has 31 heavy (non-hydrogen) atoms. The molecule has 1 unspecified atom stereocenters. The smallest absolute Gasteiger partial charge is 0.416 e. The summed E-state index contributed by atoms with van der Waals surface area (Å²) in [6.45, 7) is -0.207. The Balaban J connectivity index is 1.64. The number of benzene rings is 2. The van der Waals surface area contributed by atoms with E-state index >= 15 is 0 Å². The number of rotatable bonds is 9. The minimum absolute atomic E-state index is 0.156. The van der Waals surface area contributed by atoms with Crippen molar-refractivity contribution in [1.82, 2.24) is 15.5 Å².